The van der Waals surface area contributed by atoms with E-state index in [0.717, 1.165) is 16.2 Å². The highest BCUT2D eigenvalue weighted by atomic mass is 35.5. The molecule has 1 amide bonds. The van der Waals surface area contributed by atoms with Crippen LogP contribution in [-0.2, 0) is 15.0 Å². The van der Waals surface area contributed by atoms with Gasteiger partial charge in [-0.05, 0) is 47.4 Å². The molecule has 0 aromatic heterocycles. The zero-order chi connectivity index (χ0) is 20.5. The van der Waals surface area contributed by atoms with Gasteiger partial charge in [0.2, 0.25) is 5.91 Å². The predicted octanol–water partition coefficient (Wildman–Crippen LogP) is 5.50. The second-order valence-corrected chi connectivity index (χ2v) is 9.10. The number of hydrogen-bond acceptors (Lipinski definition) is 2. The van der Waals surface area contributed by atoms with Crippen LogP contribution in [0.1, 0.15) is 76.3 Å². The average molecular weight is 404 g/mol. The lowest BCUT2D eigenvalue weighted by molar-refractivity contribution is -0.138. The molecule has 0 spiro atoms. The van der Waals surface area contributed by atoms with E-state index in [1.165, 1.54) is 31.2 Å². The number of carbonyl (C=O) groups is 2. The molecule has 5 heteroatoms. The third-order valence-corrected chi connectivity index (χ3v) is 6.71. The normalized spacial score (nSPS) is 23.4. The highest BCUT2D eigenvalue weighted by Crippen LogP contribution is 2.45. The Morgan fingerprint density at radius 2 is 2.00 bits per heavy atom. The fraction of sp³-hybridized carbons (Fsp3) is 0.565. The average Bonchev–Trinajstić information content (AvgIpc) is 3.14. The summed E-state index contributed by atoms with van der Waals surface area (Å²) in [5.74, 6) is -0.147. The van der Waals surface area contributed by atoms with Crippen molar-refractivity contribution in [1.82, 2.24) is 4.90 Å². The maximum absolute atomic E-state index is 12.8. The fourth-order valence-electron chi connectivity index (χ4n) is 4.79. The standard InChI is InChI=1S/C23H30ClNO3/c1-15(2)19-14-25(11-10-22(27)28)21(26)13-23(19,3)17-8-9-18(20(24)12-17)16-6-4-5-7-16/h8-9,12,14-16H,4-7,10-11,13H2,1-3H3,(H,27,28)/t23-/m1/s1. The number of rotatable bonds is 6. The first kappa shape index (κ1) is 20.9. The van der Waals surface area contributed by atoms with Crippen LogP contribution in [0.2, 0.25) is 5.02 Å². The molecule has 1 saturated carbocycles. The first-order chi connectivity index (χ1) is 13.2. The van der Waals surface area contributed by atoms with Crippen molar-refractivity contribution in [2.24, 2.45) is 5.92 Å². The summed E-state index contributed by atoms with van der Waals surface area (Å²) in [7, 11) is 0. The number of carbonyl (C=O) groups excluding carboxylic acids is 1. The van der Waals surface area contributed by atoms with Crippen LogP contribution in [0.4, 0.5) is 0 Å². The Bertz CT molecular complexity index is 795. The Hall–Kier alpha value is -1.81. The molecule has 0 unspecified atom stereocenters. The number of hydrogen-bond donors (Lipinski definition) is 1. The fourth-order valence-corrected chi connectivity index (χ4v) is 5.12. The molecule has 1 atom stereocenters. The monoisotopic (exact) mass is 403 g/mol. The summed E-state index contributed by atoms with van der Waals surface area (Å²) in [6.45, 7) is 6.54. The lowest BCUT2D eigenvalue weighted by Crippen LogP contribution is -2.42. The van der Waals surface area contributed by atoms with Crippen LogP contribution in [0.5, 0.6) is 0 Å². The topological polar surface area (TPSA) is 57.6 Å². The van der Waals surface area contributed by atoms with Gasteiger partial charge in [-0.1, -0.05) is 57.3 Å². The van der Waals surface area contributed by atoms with Crippen LogP contribution >= 0.6 is 11.6 Å². The van der Waals surface area contributed by atoms with Crippen molar-refractivity contribution in [3.63, 3.8) is 0 Å². The van der Waals surface area contributed by atoms with E-state index in [2.05, 4.69) is 32.9 Å². The molecule has 3 rings (SSSR count). The molecule has 152 valence electrons. The number of aliphatic carboxylic acids is 1. The Labute approximate surface area is 172 Å². The van der Waals surface area contributed by atoms with E-state index in [1.54, 1.807) is 4.90 Å². The zero-order valence-electron chi connectivity index (χ0n) is 17.0. The molecule has 1 aromatic rings. The molecule has 1 aliphatic heterocycles. The minimum atomic E-state index is -0.894. The summed E-state index contributed by atoms with van der Waals surface area (Å²) in [5.41, 5.74) is 3.00. The predicted molar refractivity (Wildman–Crippen MR) is 112 cm³/mol. The van der Waals surface area contributed by atoms with Crippen molar-refractivity contribution in [2.75, 3.05) is 6.54 Å². The maximum atomic E-state index is 12.8. The van der Waals surface area contributed by atoms with Crippen LogP contribution < -0.4 is 0 Å². The molecule has 0 bridgehead atoms. The minimum Gasteiger partial charge on any atom is -0.481 e. The lowest BCUT2D eigenvalue weighted by Gasteiger charge is -2.41. The molecule has 2 aliphatic rings. The van der Waals surface area contributed by atoms with Crippen molar-refractivity contribution >= 4 is 23.5 Å². The van der Waals surface area contributed by atoms with Crippen molar-refractivity contribution in [3.8, 4) is 0 Å². The van der Waals surface area contributed by atoms with E-state index < -0.39 is 11.4 Å². The molecule has 0 saturated heterocycles. The van der Waals surface area contributed by atoms with Crippen molar-refractivity contribution in [3.05, 3.63) is 46.1 Å². The van der Waals surface area contributed by atoms with Crippen molar-refractivity contribution in [2.45, 2.75) is 70.6 Å². The third-order valence-electron chi connectivity index (χ3n) is 6.38. The van der Waals surface area contributed by atoms with Gasteiger partial charge in [0.25, 0.3) is 0 Å². The smallest absolute Gasteiger partial charge is 0.305 e. The lowest BCUT2D eigenvalue weighted by atomic mass is 9.68. The molecule has 0 radical (unpaired) electrons. The summed E-state index contributed by atoms with van der Waals surface area (Å²) in [4.78, 5) is 25.3. The van der Waals surface area contributed by atoms with E-state index in [9.17, 15) is 9.59 Å². The number of benzene rings is 1. The SMILES string of the molecule is CC(C)C1=CN(CCC(=O)O)C(=O)C[C@]1(C)c1ccc(C2CCCC2)c(Cl)c1. The molecular formula is C23H30ClNO3. The number of halogens is 1. The van der Waals surface area contributed by atoms with Crippen LogP contribution in [0, 0.1) is 5.92 Å². The molecule has 1 N–H and O–H groups in total. The quantitative estimate of drug-likeness (QED) is 0.681. The van der Waals surface area contributed by atoms with Gasteiger partial charge in [-0.15, -0.1) is 0 Å². The molecule has 1 aromatic carbocycles. The number of carboxylic acid groups (broad SMARTS) is 1. The van der Waals surface area contributed by atoms with Gasteiger partial charge in [0, 0.05) is 29.6 Å². The van der Waals surface area contributed by atoms with Gasteiger partial charge in [-0.25, -0.2) is 0 Å². The second-order valence-electron chi connectivity index (χ2n) is 8.70. The van der Waals surface area contributed by atoms with Gasteiger partial charge in [0.05, 0.1) is 6.42 Å². The highest BCUT2D eigenvalue weighted by Gasteiger charge is 2.40. The molecule has 28 heavy (non-hydrogen) atoms. The number of amides is 1. The maximum Gasteiger partial charge on any atom is 0.305 e. The van der Waals surface area contributed by atoms with Crippen LogP contribution in [0.15, 0.2) is 30.0 Å². The van der Waals surface area contributed by atoms with E-state index >= 15 is 0 Å². The third kappa shape index (κ3) is 4.12. The zero-order valence-corrected chi connectivity index (χ0v) is 17.8. The van der Waals surface area contributed by atoms with Gasteiger partial charge in [-0.3, -0.25) is 9.59 Å². The van der Waals surface area contributed by atoms with Crippen molar-refractivity contribution < 1.29 is 14.7 Å². The molecule has 1 heterocycles. The molecule has 4 nitrogen and oxygen atoms in total. The van der Waals surface area contributed by atoms with Crippen LogP contribution in [-0.4, -0.2) is 28.4 Å². The van der Waals surface area contributed by atoms with Gasteiger partial charge < -0.3 is 10.0 Å². The largest absolute Gasteiger partial charge is 0.481 e. The molecule has 1 aliphatic carbocycles. The van der Waals surface area contributed by atoms with Crippen LogP contribution in [0.3, 0.4) is 0 Å². The summed E-state index contributed by atoms with van der Waals surface area (Å²) < 4.78 is 0. The summed E-state index contributed by atoms with van der Waals surface area (Å²) in [5, 5.41) is 9.76. The first-order valence-electron chi connectivity index (χ1n) is 10.3. The number of carboxylic acids is 1. The van der Waals surface area contributed by atoms with Gasteiger partial charge >= 0.3 is 5.97 Å². The molecular weight excluding hydrogens is 374 g/mol. The Morgan fingerprint density at radius 3 is 2.57 bits per heavy atom. The van der Waals surface area contributed by atoms with E-state index in [-0.39, 0.29) is 24.8 Å². The van der Waals surface area contributed by atoms with Crippen molar-refractivity contribution in [1.29, 1.82) is 0 Å². The summed E-state index contributed by atoms with van der Waals surface area (Å²) in [6, 6.07) is 6.33. The van der Waals surface area contributed by atoms with E-state index in [0.29, 0.717) is 12.3 Å². The molecule has 1 fully saturated rings. The van der Waals surface area contributed by atoms with Gasteiger partial charge in [0.1, 0.15) is 0 Å². The van der Waals surface area contributed by atoms with Gasteiger partial charge in [0.15, 0.2) is 0 Å². The highest BCUT2D eigenvalue weighted by molar-refractivity contribution is 6.31. The number of allylic oxidation sites excluding steroid dienone is 1. The van der Waals surface area contributed by atoms with E-state index in [1.807, 2.05) is 12.3 Å². The summed E-state index contributed by atoms with van der Waals surface area (Å²) >= 11 is 6.69. The number of nitrogens with zero attached hydrogens (tertiary/aromatic N) is 1. The van der Waals surface area contributed by atoms with Crippen LogP contribution in [0.25, 0.3) is 0 Å². The Balaban J connectivity index is 1.94. The Morgan fingerprint density at radius 1 is 1.32 bits per heavy atom. The van der Waals surface area contributed by atoms with E-state index in [4.69, 9.17) is 16.7 Å². The second kappa shape index (κ2) is 8.28. The summed E-state index contributed by atoms with van der Waals surface area (Å²) in [6.07, 6.45) is 7.08. The first-order valence-corrected chi connectivity index (χ1v) is 10.6. The van der Waals surface area contributed by atoms with Gasteiger partial charge in [-0.2, -0.15) is 0 Å². The Kier molecular flexibility index (Phi) is 6.18. The minimum absolute atomic E-state index is 0.0378.